The van der Waals surface area contributed by atoms with Crippen molar-refractivity contribution in [3.8, 4) is 23.0 Å². The minimum absolute atomic E-state index is 0.00630. The molecule has 0 radical (unpaired) electrons. The van der Waals surface area contributed by atoms with Crippen molar-refractivity contribution in [2.24, 2.45) is 0 Å². The molecule has 0 saturated carbocycles. The topological polar surface area (TPSA) is 47.9 Å². The maximum atomic E-state index is 9.57. The zero-order valence-corrected chi connectivity index (χ0v) is 8.75. The van der Waals surface area contributed by atoms with Crippen LogP contribution in [-0.2, 0) is 0 Å². The van der Waals surface area contributed by atoms with Crippen LogP contribution >= 0.6 is 0 Å². The molecule has 0 aliphatic rings. The molecule has 0 atom stereocenters. The zero-order valence-electron chi connectivity index (χ0n) is 8.75. The summed E-state index contributed by atoms with van der Waals surface area (Å²) >= 11 is 0. The average molecular weight is 198 g/mol. The number of phenolic OH excluding ortho intramolecular Hbond substituents is 1. The second kappa shape index (κ2) is 4.09. The third kappa shape index (κ3) is 1.55. The van der Waals surface area contributed by atoms with Gasteiger partial charge in [0.15, 0.2) is 11.5 Å². The molecule has 0 spiro atoms. The molecule has 0 unspecified atom stereocenters. The summed E-state index contributed by atoms with van der Waals surface area (Å²) in [5.41, 5.74) is 0.796. The lowest BCUT2D eigenvalue weighted by Crippen LogP contribution is -1.96. The SMILES string of the molecule is COc1cc(O)c(OC)c(OC)c1C. The highest BCUT2D eigenvalue weighted by molar-refractivity contribution is 5.60. The Morgan fingerprint density at radius 2 is 1.57 bits per heavy atom. The maximum absolute atomic E-state index is 9.57. The van der Waals surface area contributed by atoms with E-state index < -0.39 is 0 Å². The fourth-order valence-electron chi connectivity index (χ4n) is 1.35. The number of rotatable bonds is 3. The molecular weight excluding hydrogens is 184 g/mol. The first-order valence-electron chi connectivity index (χ1n) is 4.14. The van der Waals surface area contributed by atoms with Gasteiger partial charge < -0.3 is 19.3 Å². The molecule has 1 aromatic carbocycles. The first kappa shape index (κ1) is 10.5. The Kier molecular flexibility index (Phi) is 3.06. The van der Waals surface area contributed by atoms with Crippen LogP contribution in [0.5, 0.6) is 23.0 Å². The van der Waals surface area contributed by atoms with E-state index in [1.54, 1.807) is 0 Å². The smallest absolute Gasteiger partial charge is 0.203 e. The minimum Gasteiger partial charge on any atom is -0.504 e. The number of aromatic hydroxyl groups is 1. The van der Waals surface area contributed by atoms with E-state index in [0.717, 1.165) is 5.56 Å². The first-order chi connectivity index (χ1) is 6.65. The first-order valence-corrected chi connectivity index (χ1v) is 4.14. The molecule has 1 aromatic rings. The number of hydrogen-bond acceptors (Lipinski definition) is 4. The number of methoxy groups -OCH3 is 3. The molecular formula is C10H14O4. The lowest BCUT2D eigenvalue weighted by molar-refractivity contribution is 0.324. The summed E-state index contributed by atoms with van der Waals surface area (Å²) in [5.74, 6) is 1.39. The zero-order chi connectivity index (χ0) is 10.7. The number of ether oxygens (including phenoxy) is 3. The van der Waals surface area contributed by atoms with Gasteiger partial charge in [0.25, 0.3) is 0 Å². The number of hydrogen-bond donors (Lipinski definition) is 1. The summed E-state index contributed by atoms with van der Waals surface area (Å²) < 4.78 is 15.2. The summed E-state index contributed by atoms with van der Waals surface area (Å²) in [4.78, 5) is 0. The van der Waals surface area contributed by atoms with Crippen molar-refractivity contribution < 1.29 is 19.3 Å². The Morgan fingerprint density at radius 3 is 2.00 bits per heavy atom. The van der Waals surface area contributed by atoms with Crippen LogP contribution in [0.2, 0.25) is 0 Å². The highest BCUT2D eigenvalue weighted by atomic mass is 16.5. The molecule has 0 fully saturated rings. The van der Waals surface area contributed by atoms with Gasteiger partial charge >= 0.3 is 0 Å². The minimum atomic E-state index is 0.00630. The number of phenols is 1. The molecule has 4 nitrogen and oxygen atoms in total. The van der Waals surface area contributed by atoms with E-state index in [0.29, 0.717) is 17.2 Å². The molecule has 1 rings (SSSR count). The largest absolute Gasteiger partial charge is 0.504 e. The summed E-state index contributed by atoms with van der Waals surface area (Å²) in [6, 6.07) is 1.50. The van der Waals surface area contributed by atoms with Crippen LogP contribution in [0.4, 0.5) is 0 Å². The Balaban J connectivity index is 3.40. The lowest BCUT2D eigenvalue weighted by atomic mass is 10.1. The predicted octanol–water partition coefficient (Wildman–Crippen LogP) is 1.73. The van der Waals surface area contributed by atoms with E-state index >= 15 is 0 Å². The highest BCUT2D eigenvalue weighted by Crippen LogP contribution is 2.43. The van der Waals surface area contributed by atoms with Crippen molar-refractivity contribution in [1.82, 2.24) is 0 Å². The van der Waals surface area contributed by atoms with Gasteiger partial charge in [0, 0.05) is 11.6 Å². The fourth-order valence-corrected chi connectivity index (χ4v) is 1.35. The van der Waals surface area contributed by atoms with Crippen LogP contribution in [0.15, 0.2) is 6.07 Å². The van der Waals surface area contributed by atoms with E-state index in [1.165, 1.54) is 27.4 Å². The third-order valence-electron chi connectivity index (χ3n) is 2.05. The van der Waals surface area contributed by atoms with Crippen LogP contribution in [0.3, 0.4) is 0 Å². The van der Waals surface area contributed by atoms with E-state index in [4.69, 9.17) is 14.2 Å². The van der Waals surface area contributed by atoms with Gasteiger partial charge in [-0.1, -0.05) is 0 Å². The Labute approximate surface area is 83.0 Å². The molecule has 14 heavy (non-hydrogen) atoms. The second-order valence-electron chi connectivity index (χ2n) is 2.79. The van der Waals surface area contributed by atoms with Crippen molar-refractivity contribution in [3.63, 3.8) is 0 Å². The van der Waals surface area contributed by atoms with E-state index in [1.807, 2.05) is 6.92 Å². The van der Waals surface area contributed by atoms with Gasteiger partial charge in [-0.2, -0.15) is 0 Å². The van der Waals surface area contributed by atoms with Crippen LogP contribution in [-0.4, -0.2) is 26.4 Å². The van der Waals surface area contributed by atoms with Crippen LogP contribution in [0.25, 0.3) is 0 Å². The molecule has 0 aliphatic heterocycles. The van der Waals surface area contributed by atoms with Gasteiger partial charge in [-0.3, -0.25) is 0 Å². The summed E-state index contributed by atoms with van der Waals surface area (Å²) in [6.45, 7) is 1.83. The Morgan fingerprint density at radius 1 is 1.00 bits per heavy atom. The maximum Gasteiger partial charge on any atom is 0.203 e. The van der Waals surface area contributed by atoms with Crippen LogP contribution in [0, 0.1) is 6.92 Å². The van der Waals surface area contributed by atoms with Crippen LogP contribution < -0.4 is 14.2 Å². The molecule has 0 heterocycles. The highest BCUT2D eigenvalue weighted by Gasteiger charge is 2.16. The quantitative estimate of drug-likeness (QED) is 0.803. The molecule has 0 saturated heterocycles. The summed E-state index contributed by atoms with van der Waals surface area (Å²) in [7, 11) is 4.53. The normalized spacial score (nSPS) is 9.71. The monoisotopic (exact) mass is 198 g/mol. The fraction of sp³-hybridized carbons (Fsp3) is 0.400. The summed E-state index contributed by atoms with van der Waals surface area (Å²) in [6.07, 6.45) is 0. The second-order valence-corrected chi connectivity index (χ2v) is 2.79. The van der Waals surface area contributed by atoms with Crippen LogP contribution in [0.1, 0.15) is 5.56 Å². The average Bonchev–Trinajstić information content (AvgIpc) is 2.20. The molecule has 0 amide bonds. The third-order valence-corrected chi connectivity index (χ3v) is 2.05. The molecule has 4 heteroatoms. The van der Waals surface area contributed by atoms with E-state index in [2.05, 4.69) is 0 Å². The number of benzene rings is 1. The van der Waals surface area contributed by atoms with Crippen molar-refractivity contribution in [1.29, 1.82) is 0 Å². The van der Waals surface area contributed by atoms with Gasteiger partial charge in [0.1, 0.15) is 5.75 Å². The lowest BCUT2D eigenvalue weighted by Gasteiger charge is -2.14. The van der Waals surface area contributed by atoms with Crippen molar-refractivity contribution in [3.05, 3.63) is 11.6 Å². The van der Waals surface area contributed by atoms with Crippen molar-refractivity contribution >= 4 is 0 Å². The van der Waals surface area contributed by atoms with Crippen molar-refractivity contribution in [2.75, 3.05) is 21.3 Å². The molecule has 1 N–H and O–H groups in total. The van der Waals surface area contributed by atoms with E-state index in [9.17, 15) is 5.11 Å². The van der Waals surface area contributed by atoms with E-state index in [-0.39, 0.29) is 5.75 Å². The predicted molar refractivity (Wildman–Crippen MR) is 52.5 cm³/mol. The molecule has 0 bridgehead atoms. The molecule has 0 aromatic heterocycles. The van der Waals surface area contributed by atoms with Gasteiger partial charge in [-0.05, 0) is 6.92 Å². The van der Waals surface area contributed by atoms with Gasteiger partial charge in [0.05, 0.1) is 21.3 Å². The molecule has 0 aliphatic carbocycles. The molecule has 78 valence electrons. The van der Waals surface area contributed by atoms with Crippen molar-refractivity contribution in [2.45, 2.75) is 6.92 Å². The summed E-state index contributed by atoms with van der Waals surface area (Å²) in [5, 5.41) is 9.57. The Hall–Kier alpha value is -1.58. The standard InChI is InChI=1S/C10H14O4/c1-6-8(12-2)5-7(11)10(14-4)9(6)13-3/h5,11H,1-4H3. The van der Waals surface area contributed by atoms with Gasteiger partial charge in [-0.15, -0.1) is 0 Å². The van der Waals surface area contributed by atoms with Gasteiger partial charge in [0.2, 0.25) is 5.75 Å². The van der Waals surface area contributed by atoms with Gasteiger partial charge in [-0.25, -0.2) is 0 Å². The Bertz CT molecular complexity index is 333.